The van der Waals surface area contributed by atoms with Crippen LogP contribution in [0.3, 0.4) is 0 Å². The highest BCUT2D eigenvalue weighted by Gasteiger charge is 2.64. The van der Waals surface area contributed by atoms with Gasteiger partial charge in [0.25, 0.3) is 0 Å². The summed E-state index contributed by atoms with van der Waals surface area (Å²) in [4.78, 5) is 11.8. The standard InChI is InChI=1S/C16H26O3/c1-12-6-8-15(3)13(14(12,2)11-17)5-4-7-16(15)18-9-10-19-16/h11-13H,4-10H2,1-3H3/t12-,13?,14+,15-/m0/s1. The van der Waals surface area contributed by atoms with Crippen LogP contribution in [0.15, 0.2) is 0 Å². The van der Waals surface area contributed by atoms with Crippen LogP contribution in [0.1, 0.15) is 52.9 Å². The third-order valence-corrected chi connectivity index (χ3v) is 6.56. The van der Waals surface area contributed by atoms with Crippen LogP contribution in [0.4, 0.5) is 0 Å². The Bertz CT molecular complexity index is 374. The molecule has 3 fully saturated rings. The summed E-state index contributed by atoms with van der Waals surface area (Å²) < 4.78 is 12.2. The van der Waals surface area contributed by atoms with E-state index >= 15 is 0 Å². The number of ether oxygens (including phenoxy) is 2. The van der Waals surface area contributed by atoms with Crippen molar-refractivity contribution in [3.8, 4) is 0 Å². The molecule has 0 N–H and O–H groups in total. The largest absolute Gasteiger partial charge is 0.347 e. The molecule has 0 bridgehead atoms. The van der Waals surface area contributed by atoms with Gasteiger partial charge in [0.1, 0.15) is 6.29 Å². The zero-order valence-corrected chi connectivity index (χ0v) is 12.4. The smallest absolute Gasteiger partial charge is 0.174 e. The summed E-state index contributed by atoms with van der Waals surface area (Å²) in [7, 11) is 0. The fourth-order valence-electron chi connectivity index (χ4n) is 5.07. The van der Waals surface area contributed by atoms with Gasteiger partial charge in [0.05, 0.1) is 13.2 Å². The molecule has 3 aliphatic rings. The molecular formula is C16H26O3. The fraction of sp³-hybridized carbons (Fsp3) is 0.938. The fourth-order valence-corrected chi connectivity index (χ4v) is 5.07. The lowest BCUT2D eigenvalue weighted by atomic mass is 9.47. The van der Waals surface area contributed by atoms with Gasteiger partial charge in [0.2, 0.25) is 0 Å². The van der Waals surface area contributed by atoms with E-state index in [0.717, 1.165) is 32.1 Å². The summed E-state index contributed by atoms with van der Waals surface area (Å²) in [6, 6.07) is 0. The predicted molar refractivity (Wildman–Crippen MR) is 72.7 cm³/mol. The van der Waals surface area contributed by atoms with Gasteiger partial charge in [0, 0.05) is 17.3 Å². The normalized spacial score (nSPS) is 49.0. The second-order valence-electron chi connectivity index (χ2n) is 7.24. The number of hydrogen-bond donors (Lipinski definition) is 0. The molecule has 0 radical (unpaired) electrons. The van der Waals surface area contributed by atoms with Gasteiger partial charge < -0.3 is 14.3 Å². The van der Waals surface area contributed by atoms with Crippen molar-refractivity contribution >= 4 is 6.29 Å². The van der Waals surface area contributed by atoms with Crippen LogP contribution in [0, 0.1) is 22.7 Å². The van der Waals surface area contributed by atoms with Crippen LogP contribution in [-0.4, -0.2) is 25.3 Å². The van der Waals surface area contributed by atoms with E-state index in [1.54, 1.807) is 0 Å². The van der Waals surface area contributed by atoms with Gasteiger partial charge in [-0.1, -0.05) is 20.8 Å². The summed E-state index contributed by atoms with van der Waals surface area (Å²) in [6.45, 7) is 8.09. The Morgan fingerprint density at radius 1 is 1.11 bits per heavy atom. The van der Waals surface area contributed by atoms with Gasteiger partial charge >= 0.3 is 0 Å². The molecule has 1 spiro atoms. The molecule has 4 atom stereocenters. The van der Waals surface area contributed by atoms with Crippen LogP contribution in [0.2, 0.25) is 0 Å². The zero-order chi connectivity index (χ0) is 13.7. The number of hydrogen-bond acceptors (Lipinski definition) is 3. The van der Waals surface area contributed by atoms with Crippen molar-refractivity contribution in [2.45, 2.75) is 58.7 Å². The molecule has 2 saturated carbocycles. The van der Waals surface area contributed by atoms with Crippen LogP contribution >= 0.6 is 0 Å². The number of fused-ring (bicyclic) bond motifs is 2. The molecule has 0 aromatic carbocycles. The van der Waals surface area contributed by atoms with Crippen molar-refractivity contribution in [3.05, 3.63) is 0 Å². The molecule has 1 unspecified atom stereocenters. The van der Waals surface area contributed by atoms with Crippen LogP contribution in [0.25, 0.3) is 0 Å². The second-order valence-corrected chi connectivity index (χ2v) is 7.24. The van der Waals surface area contributed by atoms with Crippen molar-refractivity contribution in [2.24, 2.45) is 22.7 Å². The number of aldehydes is 1. The third kappa shape index (κ3) is 1.61. The second kappa shape index (κ2) is 4.29. The first-order chi connectivity index (χ1) is 8.98. The quantitative estimate of drug-likeness (QED) is 0.684. The van der Waals surface area contributed by atoms with Gasteiger partial charge in [-0.15, -0.1) is 0 Å². The van der Waals surface area contributed by atoms with Crippen molar-refractivity contribution in [1.82, 2.24) is 0 Å². The molecule has 1 aliphatic heterocycles. The van der Waals surface area contributed by atoms with E-state index in [2.05, 4.69) is 20.8 Å². The monoisotopic (exact) mass is 266 g/mol. The molecule has 1 saturated heterocycles. The minimum atomic E-state index is -0.416. The summed E-state index contributed by atoms with van der Waals surface area (Å²) in [5.74, 6) is 0.424. The maximum Gasteiger partial charge on any atom is 0.174 e. The Hall–Kier alpha value is -0.410. The molecular weight excluding hydrogens is 240 g/mol. The number of rotatable bonds is 1. The Morgan fingerprint density at radius 2 is 1.79 bits per heavy atom. The average molecular weight is 266 g/mol. The molecule has 19 heavy (non-hydrogen) atoms. The van der Waals surface area contributed by atoms with E-state index in [1.165, 1.54) is 6.29 Å². The zero-order valence-electron chi connectivity index (χ0n) is 12.4. The predicted octanol–water partition coefficient (Wildman–Crippen LogP) is 3.17. The van der Waals surface area contributed by atoms with Crippen molar-refractivity contribution in [1.29, 1.82) is 0 Å². The Kier molecular flexibility index (Phi) is 3.06. The molecule has 1 heterocycles. The summed E-state index contributed by atoms with van der Waals surface area (Å²) in [5, 5.41) is 0. The first-order valence-electron chi connectivity index (χ1n) is 7.73. The van der Waals surface area contributed by atoms with E-state index in [1.807, 2.05) is 0 Å². The molecule has 0 aromatic heterocycles. The highest BCUT2D eigenvalue weighted by Crippen LogP contribution is 2.64. The third-order valence-electron chi connectivity index (χ3n) is 6.56. The molecule has 0 aromatic rings. The first-order valence-corrected chi connectivity index (χ1v) is 7.73. The van der Waals surface area contributed by atoms with E-state index in [4.69, 9.17) is 9.47 Å². The van der Waals surface area contributed by atoms with Crippen LogP contribution in [0.5, 0.6) is 0 Å². The van der Waals surface area contributed by atoms with Crippen LogP contribution < -0.4 is 0 Å². The van der Waals surface area contributed by atoms with Crippen LogP contribution in [-0.2, 0) is 14.3 Å². The molecule has 3 rings (SSSR count). The van der Waals surface area contributed by atoms with Crippen molar-refractivity contribution in [3.63, 3.8) is 0 Å². The minimum Gasteiger partial charge on any atom is -0.347 e. The van der Waals surface area contributed by atoms with Gasteiger partial charge in [-0.2, -0.15) is 0 Å². The van der Waals surface area contributed by atoms with E-state index in [9.17, 15) is 4.79 Å². The van der Waals surface area contributed by atoms with Gasteiger partial charge in [-0.25, -0.2) is 0 Å². The van der Waals surface area contributed by atoms with Crippen molar-refractivity contribution < 1.29 is 14.3 Å². The number of carbonyl (C=O) groups excluding carboxylic acids is 1. The lowest BCUT2D eigenvalue weighted by molar-refractivity contribution is -0.292. The lowest BCUT2D eigenvalue weighted by Gasteiger charge is -2.61. The molecule has 0 amide bonds. The van der Waals surface area contributed by atoms with E-state index in [-0.39, 0.29) is 10.8 Å². The Balaban J connectivity index is 2.03. The average Bonchev–Trinajstić information content (AvgIpc) is 2.87. The Morgan fingerprint density at radius 3 is 2.42 bits per heavy atom. The maximum absolute atomic E-state index is 11.8. The number of carbonyl (C=O) groups is 1. The molecule has 3 nitrogen and oxygen atoms in total. The Labute approximate surface area is 116 Å². The SMILES string of the molecule is C[C@H]1CC[C@@]2(C)C(CCCC23OCCO3)[C@]1(C)C=O. The van der Waals surface area contributed by atoms with Gasteiger partial charge in [0.15, 0.2) is 5.79 Å². The van der Waals surface area contributed by atoms with Crippen molar-refractivity contribution in [2.75, 3.05) is 13.2 Å². The first kappa shape index (κ1) is 13.6. The van der Waals surface area contributed by atoms with Gasteiger partial charge in [-0.3, -0.25) is 0 Å². The van der Waals surface area contributed by atoms with E-state index in [0.29, 0.717) is 25.0 Å². The minimum absolute atomic E-state index is 0.0100. The topological polar surface area (TPSA) is 35.5 Å². The summed E-state index contributed by atoms with van der Waals surface area (Å²) >= 11 is 0. The highest BCUT2D eigenvalue weighted by atomic mass is 16.7. The molecule has 108 valence electrons. The molecule has 2 aliphatic carbocycles. The highest BCUT2D eigenvalue weighted by molar-refractivity contribution is 5.60. The van der Waals surface area contributed by atoms with Gasteiger partial charge in [-0.05, 0) is 37.5 Å². The van der Waals surface area contributed by atoms with E-state index < -0.39 is 5.79 Å². The maximum atomic E-state index is 11.8. The summed E-state index contributed by atoms with van der Waals surface area (Å²) in [6.07, 6.45) is 6.65. The summed E-state index contributed by atoms with van der Waals surface area (Å²) in [5.41, 5.74) is -0.236. The lowest BCUT2D eigenvalue weighted by Crippen LogP contribution is -2.62. The molecule has 3 heteroatoms.